The first-order valence-corrected chi connectivity index (χ1v) is 10.1. The lowest BCUT2D eigenvalue weighted by Crippen LogP contribution is -2.54. The average Bonchev–Trinajstić information content (AvgIpc) is 2.69. The van der Waals surface area contributed by atoms with E-state index in [4.69, 9.17) is 44.9 Å². The highest BCUT2D eigenvalue weighted by Crippen LogP contribution is 2.37. The lowest BCUT2D eigenvalue weighted by Gasteiger charge is -2.29. The molecule has 1 saturated heterocycles. The summed E-state index contributed by atoms with van der Waals surface area (Å²) in [6, 6.07) is 8.31. The Morgan fingerprint density at radius 3 is 2.53 bits per heavy atom. The summed E-state index contributed by atoms with van der Waals surface area (Å²) in [6.07, 6.45) is 1.42. The second kappa shape index (κ2) is 9.04. The molecule has 156 valence electrons. The zero-order valence-corrected chi connectivity index (χ0v) is 18.7. The number of halogens is 2. The van der Waals surface area contributed by atoms with E-state index in [0.717, 1.165) is 5.56 Å². The van der Waals surface area contributed by atoms with E-state index in [-0.39, 0.29) is 10.7 Å². The Morgan fingerprint density at radius 1 is 1.17 bits per heavy atom. The minimum Gasteiger partial charge on any atom is -0.493 e. The summed E-state index contributed by atoms with van der Waals surface area (Å²) >= 11 is 17.7. The fraction of sp³-hybridized carbons (Fsp3) is 0.190. The summed E-state index contributed by atoms with van der Waals surface area (Å²) in [7, 11) is 1.48. The van der Waals surface area contributed by atoms with Gasteiger partial charge in [-0.2, -0.15) is 0 Å². The van der Waals surface area contributed by atoms with Gasteiger partial charge in [0.15, 0.2) is 16.6 Å². The maximum atomic E-state index is 13.1. The predicted molar refractivity (Wildman–Crippen MR) is 122 cm³/mol. The smallest absolute Gasteiger partial charge is 0.270 e. The molecule has 0 bridgehead atoms. The number of carbonyl (C=O) groups excluding carboxylic acids is 2. The molecule has 0 aliphatic carbocycles. The molecule has 9 heteroatoms. The first kappa shape index (κ1) is 22.1. The second-order valence-corrected chi connectivity index (χ2v) is 7.56. The Labute approximate surface area is 189 Å². The normalized spacial score (nSPS) is 15.4. The van der Waals surface area contributed by atoms with E-state index in [9.17, 15) is 9.59 Å². The Balaban J connectivity index is 2.04. The molecule has 1 aliphatic heterocycles. The van der Waals surface area contributed by atoms with Gasteiger partial charge in [-0.15, -0.1) is 0 Å². The van der Waals surface area contributed by atoms with Crippen LogP contribution < -0.4 is 19.7 Å². The van der Waals surface area contributed by atoms with Crippen LogP contribution in [-0.4, -0.2) is 30.6 Å². The Kier molecular flexibility index (Phi) is 6.65. The van der Waals surface area contributed by atoms with Gasteiger partial charge < -0.3 is 9.47 Å². The number of ether oxygens (including phenoxy) is 2. The molecule has 1 aliphatic rings. The van der Waals surface area contributed by atoms with Crippen molar-refractivity contribution in [2.24, 2.45) is 0 Å². The number of hydrogen-bond donors (Lipinski definition) is 1. The molecule has 0 radical (unpaired) electrons. The van der Waals surface area contributed by atoms with E-state index >= 15 is 0 Å². The van der Waals surface area contributed by atoms with E-state index < -0.39 is 11.8 Å². The molecule has 0 unspecified atom stereocenters. The van der Waals surface area contributed by atoms with Crippen molar-refractivity contribution in [3.63, 3.8) is 0 Å². The fourth-order valence-corrected chi connectivity index (χ4v) is 3.62. The number of amides is 2. The number of methoxy groups -OCH3 is 1. The van der Waals surface area contributed by atoms with Crippen molar-refractivity contribution < 1.29 is 19.1 Å². The molecule has 2 aromatic rings. The summed E-state index contributed by atoms with van der Waals surface area (Å²) in [4.78, 5) is 26.9. The zero-order valence-electron chi connectivity index (χ0n) is 16.4. The van der Waals surface area contributed by atoms with Crippen LogP contribution in [-0.2, 0) is 9.59 Å². The quantitative estimate of drug-likeness (QED) is 0.399. The van der Waals surface area contributed by atoms with E-state index in [2.05, 4.69) is 5.32 Å². The molecule has 3 rings (SSSR count). The molecule has 0 aromatic heterocycles. The number of carbonyl (C=O) groups is 2. The molecule has 1 heterocycles. The minimum atomic E-state index is -0.608. The number of hydrogen-bond acceptors (Lipinski definition) is 5. The zero-order chi connectivity index (χ0) is 22.0. The molecule has 0 saturated carbocycles. The maximum Gasteiger partial charge on any atom is 0.270 e. The molecule has 2 amide bonds. The lowest BCUT2D eigenvalue weighted by molar-refractivity contribution is -0.122. The number of nitrogens with zero attached hydrogens (tertiary/aromatic N) is 1. The van der Waals surface area contributed by atoms with Gasteiger partial charge in [0.1, 0.15) is 5.57 Å². The number of aryl methyl sites for hydroxylation is 1. The van der Waals surface area contributed by atoms with Crippen molar-refractivity contribution in [3.05, 3.63) is 57.1 Å². The van der Waals surface area contributed by atoms with Gasteiger partial charge in [0.25, 0.3) is 11.8 Å². The van der Waals surface area contributed by atoms with Gasteiger partial charge in [0.2, 0.25) is 0 Å². The molecule has 1 fully saturated rings. The first-order valence-electron chi connectivity index (χ1n) is 8.94. The van der Waals surface area contributed by atoms with Gasteiger partial charge in [-0.05, 0) is 67.5 Å². The summed E-state index contributed by atoms with van der Waals surface area (Å²) in [5, 5.41) is 3.29. The highest BCUT2D eigenvalue weighted by Gasteiger charge is 2.34. The first-order chi connectivity index (χ1) is 14.3. The third-order valence-electron chi connectivity index (χ3n) is 4.37. The average molecular weight is 465 g/mol. The lowest BCUT2D eigenvalue weighted by atomic mass is 10.1. The van der Waals surface area contributed by atoms with Gasteiger partial charge in [-0.3, -0.25) is 19.8 Å². The van der Waals surface area contributed by atoms with Crippen molar-refractivity contribution >= 4 is 64.1 Å². The van der Waals surface area contributed by atoms with Gasteiger partial charge in [0, 0.05) is 5.02 Å². The monoisotopic (exact) mass is 464 g/mol. The third kappa shape index (κ3) is 4.28. The number of nitrogens with one attached hydrogen (secondary N) is 1. The van der Waals surface area contributed by atoms with Crippen LogP contribution in [0.5, 0.6) is 11.5 Å². The summed E-state index contributed by atoms with van der Waals surface area (Å²) in [5.41, 5.74) is 1.69. The second-order valence-electron chi connectivity index (χ2n) is 6.36. The van der Waals surface area contributed by atoms with Crippen LogP contribution in [0.4, 0.5) is 5.69 Å². The van der Waals surface area contributed by atoms with E-state index in [1.807, 2.05) is 13.8 Å². The maximum absolute atomic E-state index is 13.1. The molecule has 1 N–H and O–H groups in total. The predicted octanol–water partition coefficient (Wildman–Crippen LogP) is 4.54. The van der Waals surface area contributed by atoms with Crippen molar-refractivity contribution in [1.82, 2.24) is 5.32 Å². The molecule has 2 aromatic carbocycles. The summed E-state index contributed by atoms with van der Waals surface area (Å²) in [6.45, 7) is 4.08. The van der Waals surface area contributed by atoms with Crippen LogP contribution in [0.2, 0.25) is 10.0 Å². The Hall–Kier alpha value is -2.61. The van der Waals surface area contributed by atoms with E-state index in [0.29, 0.717) is 39.4 Å². The standard InChI is InChI=1S/C21H18Cl2N2O4S/c1-4-29-18-16(23)8-12(9-17(18)28-3)7-14-19(26)24-21(30)25(20(14)27)13-6-5-11(2)15(22)10-13/h5-10H,4H2,1-3H3,(H,24,26,30)/b14-7+. The number of thiocarbonyl (C=S) groups is 1. The number of anilines is 1. The molecular formula is C21H18Cl2N2O4S. The van der Waals surface area contributed by atoms with Crippen LogP contribution in [0.1, 0.15) is 18.1 Å². The van der Waals surface area contributed by atoms with Crippen LogP contribution in [0.25, 0.3) is 6.08 Å². The van der Waals surface area contributed by atoms with E-state index in [1.165, 1.54) is 18.1 Å². The number of rotatable bonds is 5. The molecule has 30 heavy (non-hydrogen) atoms. The molecule has 0 atom stereocenters. The third-order valence-corrected chi connectivity index (χ3v) is 5.34. The van der Waals surface area contributed by atoms with Crippen molar-refractivity contribution in [2.75, 3.05) is 18.6 Å². The summed E-state index contributed by atoms with van der Waals surface area (Å²) in [5.74, 6) is -0.408. The highest BCUT2D eigenvalue weighted by molar-refractivity contribution is 7.80. The van der Waals surface area contributed by atoms with Crippen molar-refractivity contribution in [3.8, 4) is 11.5 Å². The van der Waals surface area contributed by atoms with Gasteiger partial charge in [0.05, 0.1) is 24.4 Å². The largest absolute Gasteiger partial charge is 0.493 e. The van der Waals surface area contributed by atoms with Crippen LogP contribution in [0, 0.1) is 6.92 Å². The van der Waals surface area contributed by atoms with E-state index in [1.54, 1.807) is 30.3 Å². The minimum absolute atomic E-state index is 0.0237. The Bertz CT molecular complexity index is 1080. The Morgan fingerprint density at radius 2 is 1.90 bits per heavy atom. The molecular weight excluding hydrogens is 447 g/mol. The van der Waals surface area contributed by atoms with Crippen LogP contribution in [0.3, 0.4) is 0 Å². The molecule has 0 spiro atoms. The fourth-order valence-electron chi connectivity index (χ4n) is 2.89. The van der Waals surface area contributed by atoms with Crippen LogP contribution in [0.15, 0.2) is 35.9 Å². The number of benzene rings is 2. The van der Waals surface area contributed by atoms with Gasteiger partial charge >= 0.3 is 0 Å². The molecule has 6 nitrogen and oxygen atoms in total. The van der Waals surface area contributed by atoms with Crippen molar-refractivity contribution in [1.29, 1.82) is 0 Å². The highest BCUT2D eigenvalue weighted by atomic mass is 35.5. The summed E-state index contributed by atoms with van der Waals surface area (Å²) < 4.78 is 10.8. The topological polar surface area (TPSA) is 67.9 Å². The van der Waals surface area contributed by atoms with Crippen LogP contribution >= 0.6 is 35.4 Å². The van der Waals surface area contributed by atoms with Crippen molar-refractivity contribution in [2.45, 2.75) is 13.8 Å². The van der Waals surface area contributed by atoms with Gasteiger partial charge in [-0.25, -0.2) is 0 Å². The van der Waals surface area contributed by atoms with Gasteiger partial charge in [-0.1, -0.05) is 29.3 Å². The SMILES string of the molecule is CCOc1c(Cl)cc(/C=C2\C(=O)NC(=S)N(c3ccc(C)c(Cl)c3)C2=O)cc1OC.